The number of nitrogens with one attached hydrogen (secondary N) is 1. The van der Waals surface area contributed by atoms with E-state index in [0.717, 1.165) is 6.42 Å². The van der Waals surface area contributed by atoms with Crippen molar-refractivity contribution in [1.82, 2.24) is 10.2 Å². The van der Waals surface area contributed by atoms with E-state index in [1.165, 1.54) is 24.3 Å². The normalized spacial score (nSPS) is 16.0. The minimum absolute atomic E-state index is 0.0434. The molecule has 0 saturated carbocycles. The molecule has 26 heavy (non-hydrogen) atoms. The van der Waals surface area contributed by atoms with Crippen LogP contribution in [-0.4, -0.2) is 48.4 Å². The number of halogens is 1. The predicted octanol–water partition coefficient (Wildman–Crippen LogP) is 2.14. The highest BCUT2D eigenvalue weighted by atomic mass is 19.1. The largest absolute Gasteiger partial charge is 0.455 e. The van der Waals surface area contributed by atoms with Crippen LogP contribution in [0, 0.1) is 11.7 Å². The molecular weight excluding hydrogens is 339 g/mol. The molecule has 0 bridgehead atoms. The lowest BCUT2D eigenvalue weighted by atomic mass is 9.96. The maximum absolute atomic E-state index is 12.9. The monoisotopic (exact) mass is 364 g/mol. The van der Waals surface area contributed by atoms with Crippen LogP contribution in [0.15, 0.2) is 24.3 Å². The number of rotatable bonds is 6. The van der Waals surface area contributed by atoms with Gasteiger partial charge in [0.05, 0.1) is 5.92 Å². The second-order valence-electron chi connectivity index (χ2n) is 6.56. The number of ether oxygens (including phenoxy) is 1. The number of hydrogen-bond acceptors (Lipinski definition) is 4. The molecule has 1 atom stereocenters. The maximum atomic E-state index is 12.9. The van der Waals surface area contributed by atoms with Gasteiger partial charge in [0.2, 0.25) is 0 Å². The van der Waals surface area contributed by atoms with Crippen molar-refractivity contribution >= 4 is 17.8 Å². The minimum Gasteiger partial charge on any atom is -0.455 e. The fourth-order valence-electron chi connectivity index (χ4n) is 2.77. The summed E-state index contributed by atoms with van der Waals surface area (Å²) in [5.41, 5.74) is 0.425. The molecule has 1 fully saturated rings. The van der Waals surface area contributed by atoms with Crippen LogP contribution in [0.1, 0.15) is 43.5 Å². The van der Waals surface area contributed by atoms with Crippen LogP contribution in [0.5, 0.6) is 0 Å². The van der Waals surface area contributed by atoms with Gasteiger partial charge < -0.3 is 15.0 Å². The quantitative estimate of drug-likeness (QED) is 0.785. The highest BCUT2D eigenvalue weighted by Crippen LogP contribution is 2.20. The van der Waals surface area contributed by atoms with Crippen molar-refractivity contribution in [3.8, 4) is 0 Å². The molecule has 0 aliphatic carbocycles. The second-order valence-corrected chi connectivity index (χ2v) is 6.56. The number of benzene rings is 1. The second kappa shape index (κ2) is 9.31. The van der Waals surface area contributed by atoms with Crippen molar-refractivity contribution in [3.05, 3.63) is 35.6 Å². The average Bonchev–Trinajstić information content (AvgIpc) is 2.66. The van der Waals surface area contributed by atoms with E-state index in [9.17, 15) is 18.8 Å². The topological polar surface area (TPSA) is 75.7 Å². The zero-order valence-electron chi connectivity index (χ0n) is 15.2. The minimum atomic E-state index is -0.404. The van der Waals surface area contributed by atoms with Crippen LogP contribution < -0.4 is 5.32 Å². The lowest BCUT2D eigenvalue weighted by molar-refractivity contribution is -0.154. The molecule has 6 nitrogen and oxygen atoms in total. The average molecular weight is 364 g/mol. The Labute approximate surface area is 152 Å². The van der Waals surface area contributed by atoms with Gasteiger partial charge in [-0.1, -0.05) is 6.92 Å². The molecule has 7 heteroatoms. The Hall–Kier alpha value is -2.44. The number of esters is 1. The fourth-order valence-corrected chi connectivity index (χ4v) is 2.77. The zero-order valence-corrected chi connectivity index (χ0v) is 15.2. The van der Waals surface area contributed by atoms with Gasteiger partial charge in [-0.3, -0.25) is 14.4 Å². The third-order valence-electron chi connectivity index (χ3n) is 4.57. The first-order chi connectivity index (χ1) is 12.4. The van der Waals surface area contributed by atoms with Gasteiger partial charge in [-0.2, -0.15) is 0 Å². The molecule has 1 aliphatic heterocycles. The van der Waals surface area contributed by atoms with E-state index in [4.69, 9.17) is 4.74 Å². The Bertz CT molecular complexity index is 639. The van der Waals surface area contributed by atoms with Crippen molar-refractivity contribution < 1.29 is 23.5 Å². The third kappa shape index (κ3) is 5.54. The fraction of sp³-hybridized carbons (Fsp3) is 0.526. The van der Waals surface area contributed by atoms with Gasteiger partial charge in [-0.05, 0) is 50.5 Å². The van der Waals surface area contributed by atoms with Crippen LogP contribution >= 0.6 is 0 Å². The maximum Gasteiger partial charge on any atom is 0.309 e. The summed E-state index contributed by atoms with van der Waals surface area (Å²) in [6.07, 6.45) is 1.78. The van der Waals surface area contributed by atoms with E-state index in [-0.39, 0.29) is 36.2 Å². The Morgan fingerprint density at radius 2 is 1.85 bits per heavy atom. The summed E-state index contributed by atoms with van der Waals surface area (Å²) in [7, 11) is 0. The van der Waals surface area contributed by atoms with Crippen molar-refractivity contribution in [3.63, 3.8) is 0 Å². The summed E-state index contributed by atoms with van der Waals surface area (Å²) in [4.78, 5) is 37.8. The highest BCUT2D eigenvalue weighted by molar-refractivity contribution is 5.94. The molecule has 0 radical (unpaired) electrons. The number of carbonyl (C=O) groups excluding carboxylic acids is 3. The van der Waals surface area contributed by atoms with E-state index in [1.54, 1.807) is 4.90 Å². The van der Waals surface area contributed by atoms with Crippen LogP contribution in [0.4, 0.5) is 4.39 Å². The molecule has 1 aromatic carbocycles. The zero-order chi connectivity index (χ0) is 19.1. The number of nitrogens with zero attached hydrogens (tertiary/aromatic N) is 1. The number of likely N-dealkylation sites (tertiary alicyclic amines) is 1. The molecule has 0 spiro atoms. The smallest absolute Gasteiger partial charge is 0.309 e. The summed E-state index contributed by atoms with van der Waals surface area (Å²) in [6.45, 7) is 4.41. The van der Waals surface area contributed by atoms with E-state index in [1.807, 2.05) is 13.8 Å². The molecule has 1 aliphatic rings. The third-order valence-corrected chi connectivity index (χ3v) is 4.57. The Balaban J connectivity index is 1.76. The molecule has 0 aromatic heterocycles. The first-order valence-corrected chi connectivity index (χ1v) is 8.91. The summed E-state index contributed by atoms with van der Waals surface area (Å²) in [6, 6.07) is 5.45. The molecule has 1 saturated heterocycles. The number of carbonyl (C=O) groups is 3. The standard InChI is InChI=1S/C19H25FN2O4/c1-3-13(2)21-17(23)12-26-19(25)15-8-10-22(11-9-15)18(24)14-4-6-16(20)7-5-14/h4-7,13,15H,3,8-12H2,1-2H3,(H,21,23)/t13-/m1/s1. The number of piperidine rings is 1. The summed E-state index contributed by atoms with van der Waals surface area (Å²) in [5, 5.41) is 2.74. The number of hydrogen-bond donors (Lipinski definition) is 1. The summed E-state index contributed by atoms with van der Waals surface area (Å²) in [5.74, 6) is -1.59. The van der Waals surface area contributed by atoms with Gasteiger partial charge in [0.25, 0.3) is 11.8 Å². The van der Waals surface area contributed by atoms with Gasteiger partial charge in [-0.25, -0.2) is 4.39 Å². The van der Waals surface area contributed by atoms with Gasteiger partial charge in [0, 0.05) is 24.7 Å². The summed E-state index contributed by atoms with van der Waals surface area (Å²) < 4.78 is 18.0. The Morgan fingerprint density at radius 3 is 2.42 bits per heavy atom. The van der Waals surface area contributed by atoms with Crippen LogP contribution in [0.2, 0.25) is 0 Å². The van der Waals surface area contributed by atoms with Gasteiger partial charge in [-0.15, -0.1) is 0 Å². The predicted molar refractivity (Wildman–Crippen MR) is 93.9 cm³/mol. The SMILES string of the molecule is CC[C@@H](C)NC(=O)COC(=O)C1CCN(C(=O)c2ccc(F)cc2)CC1. The summed E-state index contributed by atoms with van der Waals surface area (Å²) >= 11 is 0. The molecule has 2 rings (SSSR count). The lowest BCUT2D eigenvalue weighted by Gasteiger charge is -2.31. The Kier molecular flexibility index (Phi) is 7.12. The van der Waals surface area contributed by atoms with Crippen molar-refractivity contribution in [1.29, 1.82) is 0 Å². The first kappa shape index (κ1) is 19.9. The molecule has 1 aromatic rings. The van der Waals surface area contributed by atoms with E-state index >= 15 is 0 Å². The van der Waals surface area contributed by atoms with Crippen molar-refractivity contribution in [2.45, 2.75) is 39.2 Å². The van der Waals surface area contributed by atoms with Crippen LogP contribution in [0.25, 0.3) is 0 Å². The molecule has 2 amide bonds. The Morgan fingerprint density at radius 1 is 1.23 bits per heavy atom. The van der Waals surface area contributed by atoms with Crippen LogP contribution in [-0.2, 0) is 14.3 Å². The van der Waals surface area contributed by atoms with E-state index in [0.29, 0.717) is 31.5 Å². The molecular formula is C19H25FN2O4. The van der Waals surface area contributed by atoms with Crippen molar-refractivity contribution in [2.75, 3.05) is 19.7 Å². The molecule has 142 valence electrons. The molecule has 1 heterocycles. The molecule has 1 N–H and O–H groups in total. The number of amides is 2. The van der Waals surface area contributed by atoms with Crippen LogP contribution in [0.3, 0.4) is 0 Å². The lowest BCUT2D eigenvalue weighted by Crippen LogP contribution is -2.41. The van der Waals surface area contributed by atoms with Crippen molar-refractivity contribution in [2.24, 2.45) is 5.92 Å². The molecule has 0 unspecified atom stereocenters. The van der Waals surface area contributed by atoms with Gasteiger partial charge in [0.1, 0.15) is 5.82 Å². The van der Waals surface area contributed by atoms with Gasteiger partial charge >= 0.3 is 5.97 Å². The van der Waals surface area contributed by atoms with E-state index in [2.05, 4.69) is 5.32 Å². The van der Waals surface area contributed by atoms with Gasteiger partial charge in [0.15, 0.2) is 6.61 Å². The van der Waals surface area contributed by atoms with E-state index < -0.39 is 5.97 Å². The highest BCUT2D eigenvalue weighted by Gasteiger charge is 2.29. The first-order valence-electron chi connectivity index (χ1n) is 8.91.